The highest BCUT2D eigenvalue weighted by atomic mass is 16.6. The normalized spacial score (nSPS) is 16.2. The number of amides is 2. The molecule has 0 atom stereocenters. The number of nitrogens with zero attached hydrogens (tertiary/aromatic N) is 2. The summed E-state index contributed by atoms with van der Waals surface area (Å²) in [6, 6.07) is 0. The average molecular weight is 370 g/mol. The first-order valence-corrected chi connectivity index (χ1v) is 9.45. The van der Waals surface area contributed by atoms with Gasteiger partial charge < -0.3 is 25.6 Å². The van der Waals surface area contributed by atoms with Gasteiger partial charge in [-0.1, -0.05) is 0 Å². The summed E-state index contributed by atoms with van der Waals surface area (Å²) in [4.78, 5) is 30.0. The standard InChI is InChI=1S/C18H35N5O3/c1-6-20-16(21-9-10-22-17(25)26-18(2,3)4)23-11-7-14(8-12-23)13-15(24)19-5/h14H,6-13H2,1-5H3,(H,19,24)(H,20,21)(H,22,25). The van der Waals surface area contributed by atoms with Crippen molar-refractivity contribution in [2.24, 2.45) is 10.9 Å². The number of guanidine groups is 1. The van der Waals surface area contributed by atoms with Gasteiger partial charge in [-0.3, -0.25) is 9.79 Å². The molecule has 1 saturated heterocycles. The molecule has 0 bridgehead atoms. The van der Waals surface area contributed by atoms with Crippen LogP contribution in [0, 0.1) is 5.92 Å². The fraction of sp³-hybridized carbons (Fsp3) is 0.833. The predicted molar refractivity (Wildman–Crippen MR) is 103 cm³/mol. The molecule has 1 rings (SSSR count). The summed E-state index contributed by atoms with van der Waals surface area (Å²) in [6.07, 6.45) is 2.13. The Bertz CT molecular complexity index is 480. The number of hydrogen-bond acceptors (Lipinski definition) is 4. The first kappa shape index (κ1) is 22.1. The van der Waals surface area contributed by atoms with Crippen LogP contribution in [0.2, 0.25) is 0 Å². The molecule has 8 nitrogen and oxygen atoms in total. The van der Waals surface area contributed by atoms with E-state index in [-0.39, 0.29) is 5.91 Å². The lowest BCUT2D eigenvalue weighted by molar-refractivity contribution is -0.121. The van der Waals surface area contributed by atoms with Crippen LogP contribution in [-0.4, -0.2) is 68.2 Å². The topological polar surface area (TPSA) is 95.1 Å². The van der Waals surface area contributed by atoms with Crippen LogP contribution < -0.4 is 16.0 Å². The van der Waals surface area contributed by atoms with Crippen molar-refractivity contribution in [2.75, 3.05) is 39.8 Å². The van der Waals surface area contributed by atoms with E-state index in [9.17, 15) is 9.59 Å². The summed E-state index contributed by atoms with van der Waals surface area (Å²) in [5.74, 6) is 1.40. The molecular weight excluding hydrogens is 334 g/mol. The van der Waals surface area contributed by atoms with E-state index in [1.165, 1.54) is 0 Å². The Balaban J connectivity index is 2.42. The van der Waals surface area contributed by atoms with Gasteiger partial charge in [-0.25, -0.2) is 4.79 Å². The number of hydrogen-bond donors (Lipinski definition) is 3. The number of carbonyl (C=O) groups excluding carboxylic acids is 2. The Labute approximate surface area is 157 Å². The fourth-order valence-electron chi connectivity index (χ4n) is 2.77. The number of nitrogens with one attached hydrogen (secondary N) is 3. The number of rotatable bonds is 6. The van der Waals surface area contributed by atoms with Crippen molar-refractivity contribution in [1.29, 1.82) is 0 Å². The molecule has 3 N–H and O–H groups in total. The van der Waals surface area contributed by atoms with E-state index in [2.05, 4.69) is 25.8 Å². The van der Waals surface area contributed by atoms with Crippen molar-refractivity contribution in [3.05, 3.63) is 0 Å². The van der Waals surface area contributed by atoms with Gasteiger partial charge in [0.25, 0.3) is 0 Å². The highest BCUT2D eigenvalue weighted by Crippen LogP contribution is 2.20. The Hall–Kier alpha value is -1.99. The zero-order valence-electron chi connectivity index (χ0n) is 16.9. The van der Waals surface area contributed by atoms with Crippen molar-refractivity contribution >= 4 is 18.0 Å². The zero-order chi connectivity index (χ0) is 19.6. The van der Waals surface area contributed by atoms with E-state index in [1.807, 2.05) is 27.7 Å². The van der Waals surface area contributed by atoms with Crippen molar-refractivity contribution in [3.8, 4) is 0 Å². The van der Waals surface area contributed by atoms with Crippen LogP contribution in [0.25, 0.3) is 0 Å². The molecule has 0 aromatic rings. The monoisotopic (exact) mass is 369 g/mol. The van der Waals surface area contributed by atoms with E-state index < -0.39 is 11.7 Å². The maximum atomic E-state index is 11.6. The van der Waals surface area contributed by atoms with Crippen LogP contribution in [0.1, 0.15) is 47.0 Å². The smallest absolute Gasteiger partial charge is 0.407 e. The van der Waals surface area contributed by atoms with E-state index in [0.717, 1.165) is 38.4 Å². The second kappa shape index (κ2) is 10.9. The predicted octanol–water partition coefficient (Wildman–Crippen LogP) is 1.32. The van der Waals surface area contributed by atoms with Crippen molar-refractivity contribution in [3.63, 3.8) is 0 Å². The molecule has 1 aliphatic heterocycles. The fourth-order valence-corrected chi connectivity index (χ4v) is 2.77. The van der Waals surface area contributed by atoms with Crippen molar-refractivity contribution in [1.82, 2.24) is 20.9 Å². The number of likely N-dealkylation sites (tertiary alicyclic amines) is 1. The van der Waals surface area contributed by atoms with Crippen LogP contribution in [0.5, 0.6) is 0 Å². The molecule has 0 unspecified atom stereocenters. The molecule has 0 aromatic carbocycles. The van der Waals surface area contributed by atoms with Gasteiger partial charge in [-0.15, -0.1) is 0 Å². The lowest BCUT2D eigenvalue weighted by Crippen LogP contribution is -2.46. The summed E-state index contributed by atoms with van der Waals surface area (Å²) in [5, 5.41) is 8.70. The summed E-state index contributed by atoms with van der Waals surface area (Å²) in [5.41, 5.74) is -0.499. The quantitative estimate of drug-likeness (QED) is 0.373. The lowest BCUT2D eigenvalue weighted by Gasteiger charge is -2.34. The molecule has 0 saturated carbocycles. The largest absolute Gasteiger partial charge is 0.444 e. The van der Waals surface area contributed by atoms with Gasteiger partial charge in [-0.05, 0) is 46.5 Å². The SMILES string of the molecule is CCNC(=NCCNC(=O)OC(C)(C)C)N1CCC(CC(=O)NC)CC1. The number of ether oxygens (including phenoxy) is 1. The van der Waals surface area contributed by atoms with Gasteiger partial charge in [0.05, 0.1) is 6.54 Å². The van der Waals surface area contributed by atoms with Crippen molar-refractivity contribution in [2.45, 2.75) is 52.6 Å². The molecule has 0 radical (unpaired) electrons. The lowest BCUT2D eigenvalue weighted by atomic mass is 9.93. The zero-order valence-corrected chi connectivity index (χ0v) is 16.9. The maximum absolute atomic E-state index is 11.6. The third-order valence-electron chi connectivity index (χ3n) is 4.04. The summed E-state index contributed by atoms with van der Waals surface area (Å²) >= 11 is 0. The molecule has 0 aromatic heterocycles. The summed E-state index contributed by atoms with van der Waals surface area (Å²) in [6.45, 7) is 11.0. The van der Waals surface area contributed by atoms with E-state index in [4.69, 9.17) is 4.74 Å². The molecule has 2 amide bonds. The van der Waals surface area contributed by atoms with Crippen LogP contribution in [0.4, 0.5) is 4.79 Å². The van der Waals surface area contributed by atoms with Crippen LogP contribution in [-0.2, 0) is 9.53 Å². The third kappa shape index (κ3) is 8.92. The van der Waals surface area contributed by atoms with Gasteiger partial charge in [-0.2, -0.15) is 0 Å². The summed E-state index contributed by atoms with van der Waals surface area (Å²) in [7, 11) is 1.68. The molecule has 26 heavy (non-hydrogen) atoms. The molecule has 150 valence electrons. The minimum atomic E-state index is -0.499. The highest BCUT2D eigenvalue weighted by Gasteiger charge is 2.23. The van der Waals surface area contributed by atoms with Gasteiger partial charge >= 0.3 is 6.09 Å². The van der Waals surface area contributed by atoms with Crippen molar-refractivity contribution < 1.29 is 14.3 Å². The number of aliphatic imine (C=N–C) groups is 1. The van der Waals surface area contributed by atoms with Crippen LogP contribution in [0.15, 0.2) is 4.99 Å². The van der Waals surface area contributed by atoms with Gasteiger partial charge in [0.2, 0.25) is 5.91 Å². The van der Waals surface area contributed by atoms with Crippen LogP contribution >= 0.6 is 0 Å². The Morgan fingerprint density at radius 3 is 2.38 bits per heavy atom. The van der Waals surface area contributed by atoms with Gasteiger partial charge in [0, 0.05) is 39.6 Å². The second-order valence-corrected chi connectivity index (χ2v) is 7.47. The summed E-state index contributed by atoms with van der Waals surface area (Å²) < 4.78 is 5.20. The highest BCUT2D eigenvalue weighted by molar-refractivity contribution is 5.80. The number of carbonyl (C=O) groups is 2. The molecule has 1 aliphatic rings. The average Bonchev–Trinajstić information content (AvgIpc) is 2.56. The molecule has 0 aliphatic carbocycles. The Kier molecular flexibility index (Phi) is 9.23. The first-order chi connectivity index (χ1) is 12.2. The van der Waals surface area contributed by atoms with Crippen LogP contribution in [0.3, 0.4) is 0 Å². The Morgan fingerprint density at radius 1 is 1.19 bits per heavy atom. The number of alkyl carbamates (subject to hydrolysis) is 1. The second-order valence-electron chi connectivity index (χ2n) is 7.47. The van der Waals surface area contributed by atoms with Gasteiger partial charge in [0.1, 0.15) is 5.60 Å². The van der Waals surface area contributed by atoms with Gasteiger partial charge in [0.15, 0.2) is 5.96 Å². The molecule has 8 heteroatoms. The first-order valence-electron chi connectivity index (χ1n) is 9.45. The minimum Gasteiger partial charge on any atom is -0.444 e. The third-order valence-corrected chi connectivity index (χ3v) is 4.04. The molecular formula is C18H35N5O3. The van der Waals surface area contributed by atoms with E-state index in [1.54, 1.807) is 7.05 Å². The minimum absolute atomic E-state index is 0.109. The maximum Gasteiger partial charge on any atom is 0.407 e. The van der Waals surface area contributed by atoms with E-state index in [0.29, 0.717) is 25.4 Å². The number of piperidine rings is 1. The molecule has 1 heterocycles. The van der Waals surface area contributed by atoms with E-state index >= 15 is 0 Å². The molecule has 0 spiro atoms. The molecule has 1 fully saturated rings. The Morgan fingerprint density at radius 2 is 1.85 bits per heavy atom.